The Bertz CT molecular complexity index is 431. The molecule has 2 nitrogen and oxygen atoms in total. The average molecular weight is 212 g/mol. The van der Waals surface area contributed by atoms with Gasteiger partial charge in [-0.1, -0.05) is 30.3 Å². The van der Waals surface area contributed by atoms with Crippen LogP contribution in [-0.2, 0) is 0 Å². The van der Waals surface area contributed by atoms with Crippen LogP contribution >= 0.6 is 0 Å². The molecular formula is C14H16N2. The van der Waals surface area contributed by atoms with Crippen molar-refractivity contribution in [1.29, 1.82) is 0 Å². The summed E-state index contributed by atoms with van der Waals surface area (Å²) in [6, 6.07) is 10.4. The highest BCUT2D eigenvalue weighted by molar-refractivity contribution is 6.02. The molecular weight excluding hydrogens is 196 g/mol. The summed E-state index contributed by atoms with van der Waals surface area (Å²) in [6.45, 7) is 0. The smallest absolute Gasteiger partial charge is 0.0702 e. The third-order valence-electron chi connectivity index (χ3n) is 3.59. The van der Waals surface area contributed by atoms with Crippen LogP contribution in [0.15, 0.2) is 40.5 Å². The van der Waals surface area contributed by atoms with E-state index in [0.717, 1.165) is 18.6 Å². The number of benzene rings is 1. The molecule has 0 saturated heterocycles. The molecule has 1 atom stereocenters. The number of nitrogens with zero attached hydrogens (tertiary/aromatic N) is 2. The lowest BCUT2D eigenvalue weighted by molar-refractivity contribution is 0.627. The molecule has 1 fully saturated rings. The van der Waals surface area contributed by atoms with Gasteiger partial charge in [-0.3, -0.25) is 0 Å². The van der Waals surface area contributed by atoms with E-state index in [2.05, 4.69) is 34.5 Å². The molecule has 1 saturated carbocycles. The zero-order chi connectivity index (χ0) is 10.8. The molecule has 0 amide bonds. The minimum atomic E-state index is 0.713. The topological polar surface area (TPSA) is 24.7 Å². The molecule has 1 aromatic carbocycles. The largest absolute Gasteiger partial charge is 0.160 e. The van der Waals surface area contributed by atoms with Gasteiger partial charge in [0.05, 0.1) is 5.71 Å². The minimum Gasteiger partial charge on any atom is -0.160 e. The van der Waals surface area contributed by atoms with E-state index in [4.69, 9.17) is 0 Å². The Morgan fingerprint density at radius 2 is 1.81 bits per heavy atom. The van der Waals surface area contributed by atoms with Crippen molar-refractivity contribution in [2.75, 3.05) is 0 Å². The van der Waals surface area contributed by atoms with Gasteiger partial charge in [0.1, 0.15) is 0 Å². The van der Waals surface area contributed by atoms with Gasteiger partial charge in [-0.25, -0.2) is 0 Å². The van der Waals surface area contributed by atoms with Crippen molar-refractivity contribution in [3.8, 4) is 0 Å². The first-order valence-electron chi connectivity index (χ1n) is 6.12. The van der Waals surface area contributed by atoms with Gasteiger partial charge in [0.2, 0.25) is 0 Å². The summed E-state index contributed by atoms with van der Waals surface area (Å²) in [5.41, 5.74) is 3.72. The van der Waals surface area contributed by atoms with E-state index in [1.54, 1.807) is 0 Å². The number of hydrogen-bond acceptors (Lipinski definition) is 2. The fourth-order valence-corrected chi connectivity index (χ4v) is 2.66. The lowest BCUT2D eigenvalue weighted by Crippen LogP contribution is -2.06. The Labute approximate surface area is 96.1 Å². The SMILES string of the molecule is c1ccc(C2=NN=C3CCC[C@H]3CC2)cc1. The zero-order valence-corrected chi connectivity index (χ0v) is 9.39. The van der Waals surface area contributed by atoms with Gasteiger partial charge in [0, 0.05) is 5.71 Å². The molecule has 82 valence electrons. The molecule has 0 spiro atoms. The molecule has 1 heterocycles. The van der Waals surface area contributed by atoms with E-state index in [0.29, 0.717) is 5.92 Å². The second-order valence-electron chi connectivity index (χ2n) is 4.63. The van der Waals surface area contributed by atoms with Crippen LogP contribution in [0.3, 0.4) is 0 Å². The predicted octanol–water partition coefficient (Wildman–Crippen LogP) is 3.43. The van der Waals surface area contributed by atoms with Gasteiger partial charge in [-0.05, 0) is 43.6 Å². The van der Waals surface area contributed by atoms with E-state index in [1.807, 2.05) is 6.07 Å². The van der Waals surface area contributed by atoms with Gasteiger partial charge in [0.15, 0.2) is 0 Å². The molecule has 0 N–H and O–H groups in total. The van der Waals surface area contributed by atoms with Gasteiger partial charge in [-0.2, -0.15) is 10.2 Å². The summed E-state index contributed by atoms with van der Waals surface area (Å²) >= 11 is 0. The molecule has 1 aromatic rings. The van der Waals surface area contributed by atoms with Crippen LogP contribution in [0, 0.1) is 5.92 Å². The Hall–Kier alpha value is -1.44. The maximum Gasteiger partial charge on any atom is 0.0702 e. The zero-order valence-electron chi connectivity index (χ0n) is 9.39. The van der Waals surface area contributed by atoms with Crippen LogP contribution in [0.5, 0.6) is 0 Å². The molecule has 3 rings (SSSR count). The fraction of sp³-hybridized carbons (Fsp3) is 0.429. The standard InChI is InChI=1S/C14H16N2/c1-2-5-11(6-3-1)14-10-9-12-7-4-8-13(12)15-16-14/h1-3,5-6,12H,4,7-10H2/t12-/m0/s1. The van der Waals surface area contributed by atoms with Crippen LogP contribution in [-0.4, -0.2) is 11.4 Å². The Balaban J connectivity index is 1.88. The quantitative estimate of drug-likeness (QED) is 0.681. The van der Waals surface area contributed by atoms with E-state index < -0.39 is 0 Å². The maximum atomic E-state index is 4.45. The van der Waals surface area contributed by atoms with Crippen LogP contribution in [0.4, 0.5) is 0 Å². The highest BCUT2D eigenvalue weighted by Gasteiger charge is 2.24. The Morgan fingerprint density at radius 1 is 0.938 bits per heavy atom. The third kappa shape index (κ3) is 1.80. The summed E-state index contributed by atoms with van der Waals surface area (Å²) in [4.78, 5) is 0. The first kappa shape index (κ1) is 9.76. The van der Waals surface area contributed by atoms with Crippen molar-refractivity contribution in [3.05, 3.63) is 35.9 Å². The van der Waals surface area contributed by atoms with Crippen molar-refractivity contribution in [2.45, 2.75) is 32.1 Å². The number of rotatable bonds is 1. The summed E-state index contributed by atoms with van der Waals surface area (Å²) < 4.78 is 0. The van der Waals surface area contributed by atoms with Crippen molar-refractivity contribution in [2.24, 2.45) is 16.1 Å². The summed E-state index contributed by atoms with van der Waals surface area (Å²) in [7, 11) is 0. The number of fused-ring (bicyclic) bond motifs is 1. The molecule has 2 aliphatic rings. The monoisotopic (exact) mass is 212 g/mol. The highest BCUT2D eigenvalue weighted by atomic mass is 15.2. The lowest BCUT2D eigenvalue weighted by Gasteiger charge is -2.07. The van der Waals surface area contributed by atoms with E-state index in [-0.39, 0.29) is 0 Å². The molecule has 2 heteroatoms. The third-order valence-corrected chi connectivity index (χ3v) is 3.59. The molecule has 1 aliphatic heterocycles. The van der Waals surface area contributed by atoms with Crippen LogP contribution in [0.25, 0.3) is 0 Å². The second-order valence-corrected chi connectivity index (χ2v) is 4.63. The first-order chi connectivity index (χ1) is 7.93. The van der Waals surface area contributed by atoms with E-state index in [9.17, 15) is 0 Å². The second kappa shape index (κ2) is 4.20. The minimum absolute atomic E-state index is 0.713. The summed E-state index contributed by atoms with van der Waals surface area (Å²) in [5, 5.41) is 8.89. The van der Waals surface area contributed by atoms with Crippen molar-refractivity contribution >= 4 is 11.4 Å². The van der Waals surface area contributed by atoms with Crippen molar-refractivity contribution < 1.29 is 0 Å². The molecule has 0 radical (unpaired) electrons. The Kier molecular flexibility index (Phi) is 2.56. The average Bonchev–Trinajstić information content (AvgIpc) is 2.70. The summed E-state index contributed by atoms with van der Waals surface area (Å²) in [6.07, 6.45) is 6.08. The lowest BCUT2D eigenvalue weighted by atomic mass is 9.96. The fourth-order valence-electron chi connectivity index (χ4n) is 2.66. The molecule has 0 unspecified atom stereocenters. The normalized spacial score (nSPS) is 24.4. The van der Waals surface area contributed by atoms with Gasteiger partial charge < -0.3 is 0 Å². The number of hydrogen-bond donors (Lipinski definition) is 0. The van der Waals surface area contributed by atoms with E-state index >= 15 is 0 Å². The maximum absolute atomic E-state index is 4.45. The first-order valence-corrected chi connectivity index (χ1v) is 6.12. The van der Waals surface area contributed by atoms with Gasteiger partial charge >= 0.3 is 0 Å². The predicted molar refractivity (Wildman–Crippen MR) is 67.0 cm³/mol. The van der Waals surface area contributed by atoms with Crippen LogP contribution in [0.2, 0.25) is 0 Å². The van der Waals surface area contributed by atoms with Gasteiger partial charge in [-0.15, -0.1) is 0 Å². The molecule has 16 heavy (non-hydrogen) atoms. The summed E-state index contributed by atoms with van der Waals surface area (Å²) in [5.74, 6) is 0.713. The molecule has 0 bridgehead atoms. The van der Waals surface area contributed by atoms with Crippen molar-refractivity contribution in [3.63, 3.8) is 0 Å². The van der Waals surface area contributed by atoms with E-state index in [1.165, 1.54) is 30.5 Å². The Morgan fingerprint density at radius 3 is 2.69 bits per heavy atom. The van der Waals surface area contributed by atoms with Crippen molar-refractivity contribution in [1.82, 2.24) is 0 Å². The molecule has 0 aromatic heterocycles. The van der Waals surface area contributed by atoms with Crippen LogP contribution in [0.1, 0.15) is 37.7 Å². The molecule has 1 aliphatic carbocycles. The van der Waals surface area contributed by atoms with Gasteiger partial charge in [0.25, 0.3) is 0 Å². The van der Waals surface area contributed by atoms with Crippen LogP contribution < -0.4 is 0 Å². The highest BCUT2D eigenvalue weighted by Crippen LogP contribution is 2.29.